The highest BCUT2D eigenvalue weighted by molar-refractivity contribution is 5.78. The zero-order valence-electron chi connectivity index (χ0n) is 14.4. The third-order valence-electron chi connectivity index (χ3n) is 3.96. The lowest BCUT2D eigenvalue weighted by Crippen LogP contribution is -2.34. The van der Waals surface area contributed by atoms with E-state index in [2.05, 4.69) is 0 Å². The van der Waals surface area contributed by atoms with Gasteiger partial charge >= 0.3 is 11.9 Å². The average Bonchev–Trinajstić information content (AvgIpc) is 3.22. The van der Waals surface area contributed by atoms with Crippen LogP contribution in [0.3, 0.4) is 0 Å². The second kappa shape index (κ2) is 8.75. The van der Waals surface area contributed by atoms with Crippen LogP contribution >= 0.6 is 0 Å². The Balaban J connectivity index is 1.71. The van der Waals surface area contributed by atoms with Crippen molar-refractivity contribution >= 4 is 11.9 Å². The minimum absolute atomic E-state index is 0.153. The van der Waals surface area contributed by atoms with Crippen LogP contribution in [0.2, 0.25) is 0 Å². The minimum Gasteiger partial charge on any atom is -0.463 e. The van der Waals surface area contributed by atoms with Crippen LogP contribution in [0, 0.1) is 11.3 Å². The molecule has 0 aromatic rings. The number of ether oxygens (including phenoxy) is 6. The smallest absolute Gasteiger partial charge is 0.311 e. The molecule has 2 rings (SSSR count). The molecule has 0 saturated carbocycles. The highest BCUT2D eigenvalue weighted by atomic mass is 16.7. The Morgan fingerprint density at radius 1 is 1.04 bits per heavy atom. The fourth-order valence-corrected chi connectivity index (χ4v) is 2.55. The number of rotatable bonds is 8. The molecule has 8 nitrogen and oxygen atoms in total. The van der Waals surface area contributed by atoms with Crippen LogP contribution < -0.4 is 0 Å². The minimum atomic E-state index is -0.801. The van der Waals surface area contributed by atoms with Gasteiger partial charge in [-0.25, -0.2) is 0 Å². The normalized spacial score (nSPS) is 25.5. The summed E-state index contributed by atoms with van der Waals surface area (Å²) in [5.74, 6) is -1.16. The van der Waals surface area contributed by atoms with Crippen molar-refractivity contribution in [1.82, 2.24) is 0 Å². The predicted octanol–water partition coefficient (Wildman–Crippen LogP) is 0.871. The largest absolute Gasteiger partial charge is 0.463 e. The molecule has 2 aliphatic rings. The van der Waals surface area contributed by atoms with Crippen LogP contribution in [0.25, 0.3) is 0 Å². The zero-order valence-corrected chi connectivity index (χ0v) is 14.4. The van der Waals surface area contributed by atoms with Crippen molar-refractivity contribution < 1.29 is 38.0 Å². The second-order valence-electron chi connectivity index (χ2n) is 6.77. The monoisotopic (exact) mass is 346 g/mol. The van der Waals surface area contributed by atoms with Gasteiger partial charge in [0.05, 0.1) is 24.5 Å². The molecule has 3 unspecified atom stereocenters. The third kappa shape index (κ3) is 5.70. The van der Waals surface area contributed by atoms with E-state index < -0.39 is 11.3 Å². The van der Waals surface area contributed by atoms with Crippen LogP contribution in [0.4, 0.5) is 0 Å². The molecule has 0 N–H and O–H groups in total. The lowest BCUT2D eigenvalue weighted by molar-refractivity contribution is -0.160. The Bertz CT molecular complexity index is 424. The van der Waals surface area contributed by atoms with Crippen LogP contribution in [-0.4, -0.2) is 64.2 Å². The Labute approximate surface area is 141 Å². The maximum absolute atomic E-state index is 12.2. The zero-order chi connectivity index (χ0) is 17.6. The quantitative estimate of drug-likeness (QED) is 0.598. The second-order valence-corrected chi connectivity index (χ2v) is 6.77. The summed E-state index contributed by atoms with van der Waals surface area (Å²) in [7, 11) is 0. The highest BCUT2D eigenvalue weighted by Crippen LogP contribution is 2.28. The van der Waals surface area contributed by atoms with E-state index in [4.69, 9.17) is 28.4 Å². The van der Waals surface area contributed by atoms with Gasteiger partial charge in [0, 0.05) is 0 Å². The molecule has 0 aliphatic carbocycles. The van der Waals surface area contributed by atoms with Crippen molar-refractivity contribution in [1.29, 1.82) is 0 Å². The van der Waals surface area contributed by atoms with Gasteiger partial charge < -0.3 is 28.4 Å². The number of hydrogen-bond acceptors (Lipinski definition) is 8. The van der Waals surface area contributed by atoms with Crippen LogP contribution in [-0.2, 0) is 38.0 Å². The summed E-state index contributed by atoms with van der Waals surface area (Å²) in [6.45, 7) is 6.84. The average molecular weight is 346 g/mol. The SMILES string of the molecule is CC(CC(C)(C)C(=O)OCC1COCO1)C(=O)OCC1COCO1. The molecule has 2 fully saturated rings. The van der Waals surface area contributed by atoms with Gasteiger partial charge in [-0.1, -0.05) is 6.92 Å². The molecule has 2 heterocycles. The van der Waals surface area contributed by atoms with E-state index in [1.54, 1.807) is 20.8 Å². The molecule has 0 amide bonds. The van der Waals surface area contributed by atoms with Crippen molar-refractivity contribution in [3.63, 3.8) is 0 Å². The van der Waals surface area contributed by atoms with E-state index in [1.807, 2.05) is 0 Å². The Morgan fingerprint density at radius 2 is 1.58 bits per heavy atom. The van der Waals surface area contributed by atoms with Crippen molar-refractivity contribution in [3.8, 4) is 0 Å². The standard InChI is InChI=1S/C16H26O8/c1-11(14(17)21-7-12-5-19-9-23-12)4-16(2,3)15(18)22-8-13-6-20-10-24-13/h11-13H,4-10H2,1-3H3. The first-order chi connectivity index (χ1) is 11.4. The van der Waals surface area contributed by atoms with E-state index in [1.165, 1.54) is 0 Å². The molecular weight excluding hydrogens is 320 g/mol. The molecule has 8 heteroatoms. The first-order valence-electron chi connectivity index (χ1n) is 8.11. The van der Waals surface area contributed by atoms with Crippen LogP contribution in [0.5, 0.6) is 0 Å². The summed E-state index contributed by atoms with van der Waals surface area (Å²) in [6, 6.07) is 0. The lowest BCUT2D eigenvalue weighted by Gasteiger charge is -2.25. The molecule has 138 valence electrons. The Morgan fingerprint density at radius 3 is 2.08 bits per heavy atom. The molecule has 2 saturated heterocycles. The van der Waals surface area contributed by atoms with E-state index in [-0.39, 0.29) is 50.9 Å². The third-order valence-corrected chi connectivity index (χ3v) is 3.96. The molecular formula is C16H26O8. The highest BCUT2D eigenvalue weighted by Gasteiger charge is 2.35. The fourth-order valence-electron chi connectivity index (χ4n) is 2.55. The Kier molecular flexibility index (Phi) is 6.97. The summed E-state index contributed by atoms with van der Waals surface area (Å²) in [6.07, 6.45) is -0.108. The van der Waals surface area contributed by atoms with Gasteiger partial charge in [-0.15, -0.1) is 0 Å². The summed E-state index contributed by atoms with van der Waals surface area (Å²) in [5.41, 5.74) is -0.801. The number of carbonyl (C=O) groups is 2. The van der Waals surface area contributed by atoms with Gasteiger partial charge in [-0.05, 0) is 20.3 Å². The first-order valence-corrected chi connectivity index (χ1v) is 8.11. The van der Waals surface area contributed by atoms with E-state index in [0.717, 1.165) is 0 Å². The van der Waals surface area contributed by atoms with Gasteiger partial charge in [0.25, 0.3) is 0 Å². The molecule has 3 atom stereocenters. The molecule has 0 spiro atoms. The summed E-state index contributed by atoms with van der Waals surface area (Å²) in [4.78, 5) is 24.3. The molecule has 0 aromatic carbocycles. The van der Waals surface area contributed by atoms with E-state index in [9.17, 15) is 9.59 Å². The molecule has 24 heavy (non-hydrogen) atoms. The Hall–Kier alpha value is -1.22. The van der Waals surface area contributed by atoms with Gasteiger partial charge in [-0.3, -0.25) is 9.59 Å². The van der Waals surface area contributed by atoms with Crippen molar-refractivity contribution in [3.05, 3.63) is 0 Å². The molecule has 2 aliphatic heterocycles. The summed E-state index contributed by atoms with van der Waals surface area (Å²) >= 11 is 0. The van der Waals surface area contributed by atoms with Crippen LogP contribution in [0.15, 0.2) is 0 Å². The van der Waals surface area contributed by atoms with Gasteiger partial charge in [0.2, 0.25) is 0 Å². The lowest BCUT2D eigenvalue weighted by atomic mass is 9.83. The maximum Gasteiger partial charge on any atom is 0.311 e. The van der Waals surface area contributed by atoms with Gasteiger partial charge in [-0.2, -0.15) is 0 Å². The van der Waals surface area contributed by atoms with Crippen molar-refractivity contribution in [2.24, 2.45) is 11.3 Å². The van der Waals surface area contributed by atoms with Gasteiger partial charge in [0.1, 0.15) is 39.0 Å². The first kappa shape index (κ1) is 19.1. The van der Waals surface area contributed by atoms with Crippen molar-refractivity contribution in [2.45, 2.75) is 39.4 Å². The summed E-state index contributed by atoms with van der Waals surface area (Å²) < 4.78 is 31.0. The van der Waals surface area contributed by atoms with Crippen molar-refractivity contribution in [2.75, 3.05) is 40.0 Å². The molecule has 0 bridgehead atoms. The van der Waals surface area contributed by atoms with E-state index in [0.29, 0.717) is 19.6 Å². The van der Waals surface area contributed by atoms with Crippen LogP contribution in [0.1, 0.15) is 27.2 Å². The predicted molar refractivity (Wildman–Crippen MR) is 80.9 cm³/mol. The fraction of sp³-hybridized carbons (Fsp3) is 0.875. The number of carbonyl (C=O) groups excluding carboxylic acids is 2. The van der Waals surface area contributed by atoms with E-state index >= 15 is 0 Å². The molecule has 0 radical (unpaired) electrons. The van der Waals surface area contributed by atoms with Gasteiger partial charge in [0.15, 0.2) is 0 Å². The maximum atomic E-state index is 12.2. The summed E-state index contributed by atoms with van der Waals surface area (Å²) in [5, 5.41) is 0. The number of esters is 2. The molecule has 0 aromatic heterocycles. The topological polar surface area (TPSA) is 89.5 Å². The number of hydrogen-bond donors (Lipinski definition) is 0.